The monoisotopic (exact) mass is 772 g/mol. The van der Waals surface area contributed by atoms with Gasteiger partial charge in [0, 0.05) is 46.1 Å². The third-order valence-electron chi connectivity index (χ3n) is 4.10. The zero-order valence-corrected chi connectivity index (χ0v) is 32.0. The summed E-state index contributed by atoms with van der Waals surface area (Å²) in [6.45, 7) is 11.6. The SMILES string of the molecule is CCCO.CCNC(=O)CO.CCOP(=O)(CCCO)OCC.CCOP(=O)(O)CCCO.O=P(O)(O)CCCO.OCCNCCO. The van der Waals surface area contributed by atoms with E-state index < -0.39 is 29.4 Å². The molecule has 0 rings (SSSR count). The Morgan fingerprint density at radius 1 is 0.583 bits per heavy atom. The molecule has 0 aliphatic carbocycles. The molecule has 1 atom stereocenters. The average Bonchev–Trinajstić information content (AvgIpc) is 3.03. The van der Waals surface area contributed by atoms with E-state index in [1.54, 1.807) is 27.7 Å². The molecule has 12 N–H and O–H groups in total. The van der Waals surface area contributed by atoms with Crippen molar-refractivity contribution in [1.29, 1.82) is 0 Å². The van der Waals surface area contributed by atoms with Crippen LogP contribution >= 0.6 is 22.8 Å². The van der Waals surface area contributed by atoms with Crippen LogP contribution in [-0.4, -0.2) is 161 Å². The second-order valence-corrected chi connectivity index (χ2v) is 14.5. The minimum absolute atomic E-state index is 0.0180. The van der Waals surface area contributed by atoms with Crippen molar-refractivity contribution in [2.24, 2.45) is 0 Å². The van der Waals surface area contributed by atoms with Gasteiger partial charge in [-0.2, -0.15) is 0 Å². The molecule has 1 amide bonds. The molecule has 0 saturated heterocycles. The zero-order chi connectivity index (χ0) is 38.8. The number of carbonyl (C=O) groups is 1. The maximum absolute atomic E-state index is 11.6. The molecule has 0 radical (unpaired) electrons. The minimum Gasteiger partial charge on any atom is -0.396 e. The molecule has 48 heavy (non-hydrogen) atoms. The first-order valence-corrected chi connectivity index (χ1v) is 20.9. The summed E-state index contributed by atoms with van der Waals surface area (Å²) in [4.78, 5) is 35.2. The molecule has 1 unspecified atom stereocenters. The number of hydrogen-bond donors (Lipinski definition) is 12. The predicted molar refractivity (Wildman–Crippen MR) is 184 cm³/mol. The van der Waals surface area contributed by atoms with Gasteiger partial charge in [0.05, 0.1) is 51.5 Å². The Balaban J connectivity index is -0.000000113. The van der Waals surface area contributed by atoms with E-state index in [-0.39, 0.29) is 64.3 Å². The highest BCUT2D eigenvalue weighted by Gasteiger charge is 2.22. The van der Waals surface area contributed by atoms with Crippen molar-refractivity contribution in [2.75, 3.05) is 104 Å². The van der Waals surface area contributed by atoms with Crippen LogP contribution in [0.1, 0.15) is 60.3 Å². The second kappa shape index (κ2) is 46.6. The molecule has 22 heteroatoms. The molecular formula is C26H67N2O17P3. The van der Waals surface area contributed by atoms with Crippen LogP contribution < -0.4 is 10.6 Å². The molecule has 0 bridgehead atoms. The predicted octanol–water partition coefficient (Wildman–Crippen LogP) is -0.164. The van der Waals surface area contributed by atoms with Gasteiger partial charge in [-0.15, -0.1) is 0 Å². The van der Waals surface area contributed by atoms with E-state index in [0.29, 0.717) is 58.5 Å². The molecule has 0 heterocycles. The fourth-order valence-corrected chi connectivity index (χ4v) is 5.45. The van der Waals surface area contributed by atoms with E-state index >= 15 is 0 Å². The van der Waals surface area contributed by atoms with Crippen LogP contribution in [0.15, 0.2) is 0 Å². The first-order valence-electron chi connectivity index (χ1n) is 15.6. The van der Waals surface area contributed by atoms with Gasteiger partial charge in [0.25, 0.3) is 0 Å². The standard InChI is InChI=1S/C7H17O4P.C5H13O4P.C4H11NO2.C4H9NO2.C3H9O4P.C3H8O/c1-3-10-12(9,11-4-2)7-5-6-8;1-2-9-10(7,8)5-3-4-6;6-3-1-5-2-4-7;1-2-5-4(7)3-6;4-2-1-3-8(5,6)7;1-2-3-4/h8H,3-7H2,1-2H3;6H,2-5H2,1H3,(H,7,8);5-7H,1-4H2;6H,2-3H2,1H3,(H,5,7);4H,1-3H2,(H2,5,6,7);4H,2-3H2,1H3. The first kappa shape index (κ1) is 59.7. The lowest BCUT2D eigenvalue weighted by molar-refractivity contribution is -0.123. The number of aliphatic hydroxyl groups is 7. The largest absolute Gasteiger partial charge is 0.396 e. The Morgan fingerprint density at radius 2 is 0.979 bits per heavy atom. The molecule has 0 aliphatic rings. The van der Waals surface area contributed by atoms with E-state index in [1.807, 2.05) is 6.92 Å². The lowest BCUT2D eigenvalue weighted by atomic mass is 10.5. The van der Waals surface area contributed by atoms with E-state index in [2.05, 4.69) is 15.2 Å². The number of amides is 1. The van der Waals surface area contributed by atoms with Crippen LogP contribution in [0.5, 0.6) is 0 Å². The highest BCUT2D eigenvalue weighted by Crippen LogP contribution is 2.48. The van der Waals surface area contributed by atoms with Crippen LogP contribution in [0.3, 0.4) is 0 Å². The fourth-order valence-electron chi connectivity index (χ4n) is 2.17. The van der Waals surface area contributed by atoms with Crippen LogP contribution in [0.2, 0.25) is 0 Å². The van der Waals surface area contributed by atoms with Crippen LogP contribution in [0, 0.1) is 0 Å². The molecule has 0 aliphatic heterocycles. The Labute approximate surface area is 286 Å². The third-order valence-corrected chi connectivity index (χ3v) is 8.71. The van der Waals surface area contributed by atoms with E-state index in [1.165, 1.54) is 0 Å². The van der Waals surface area contributed by atoms with Gasteiger partial charge in [0.15, 0.2) is 0 Å². The van der Waals surface area contributed by atoms with Crippen LogP contribution in [0.4, 0.5) is 0 Å². The van der Waals surface area contributed by atoms with Gasteiger partial charge in [0.2, 0.25) is 5.91 Å². The van der Waals surface area contributed by atoms with Gasteiger partial charge in [-0.05, 0) is 53.4 Å². The summed E-state index contributed by atoms with van der Waals surface area (Å²) >= 11 is 0. The average molecular weight is 773 g/mol. The summed E-state index contributed by atoms with van der Waals surface area (Å²) in [5.41, 5.74) is 0. The second-order valence-electron chi connectivity index (χ2n) is 8.60. The topological polar surface area (TPSA) is 322 Å². The van der Waals surface area contributed by atoms with Crippen molar-refractivity contribution in [3.8, 4) is 0 Å². The van der Waals surface area contributed by atoms with Crippen molar-refractivity contribution in [1.82, 2.24) is 10.6 Å². The number of carbonyl (C=O) groups excluding carboxylic acids is 1. The summed E-state index contributed by atoms with van der Waals surface area (Å²) < 4.78 is 46.9. The summed E-state index contributed by atoms with van der Waals surface area (Å²) in [5.74, 6) is -0.317. The lowest BCUT2D eigenvalue weighted by Crippen LogP contribution is -2.25. The molecule has 0 saturated carbocycles. The molecule has 0 aromatic carbocycles. The van der Waals surface area contributed by atoms with Gasteiger partial charge >= 0.3 is 22.8 Å². The maximum atomic E-state index is 11.6. The number of likely N-dealkylation sites (N-methyl/N-ethyl adjacent to an activating group) is 1. The van der Waals surface area contributed by atoms with Crippen molar-refractivity contribution in [3.63, 3.8) is 0 Å². The number of rotatable bonds is 22. The normalized spacial score (nSPS) is 11.6. The van der Waals surface area contributed by atoms with Crippen LogP contribution in [0.25, 0.3) is 0 Å². The molecule has 0 fully saturated rings. The van der Waals surface area contributed by atoms with E-state index in [4.69, 9.17) is 59.5 Å². The third kappa shape index (κ3) is 67.7. The summed E-state index contributed by atoms with van der Waals surface area (Å²) in [6.07, 6.45) is 1.93. The van der Waals surface area contributed by atoms with Crippen molar-refractivity contribution in [2.45, 2.75) is 60.3 Å². The molecular weight excluding hydrogens is 705 g/mol. The Kier molecular flexibility index (Phi) is 58.0. The zero-order valence-electron chi connectivity index (χ0n) is 29.3. The summed E-state index contributed by atoms with van der Waals surface area (Å²) in [5, 5.41) is 62.3. The molecule has 298 valence electrons. The van der Waals surface area contributed by atoms with Gasteiger partial charge in [-0.3, -0.25) is 18.5 Å². The molecule has 0 aromatic heterocycles. The maximum Gasteiger partial charge on any atom is 0.330 e. The molecule has 19 nitrogen and oxygen atoms in total. The van der Waals surface area contributed by atoms with Gasteiger partial charge in [-0.1, -0.05) is 6.92 Å². The number of hydrogen-bond acceptors (Lipinski definition) is 15. The van der Waals surface area contributed by atoms with Crippen molar-refractivity contribution >= 4 is 28.7 Å². The van der Waals surface area contributed by atoms with E-state index in [9.17, 15) is 18.5 Å². The smallest absolute Gasteiger partial charge is 0.330 e. The van der Waals surface area contributed by atoms with Gasteiger partial charge in [-0.25, -0.2) is 0 Å². The van der Waals surface area contributed by atoms with Gasteiger partial charge < -0.3 is 74.6 Å². The molecule has 0 aromatic rings. The number of aliphatic hydroxyl groups excluding tert-OH is 7. The fraction of sp³-hybridized carbons (Fsp3) is 0.962. The quantitative estimate of drug-likeness (QED) is 0.0502. The molecule has 0 spiro atoms. The van der Waals surface area contributed by atoms with E-state index in [0.717, 1.165) is 6.42 Å². The summed E-state index contributed by atoms with van der Waals surface area (Å²) in [7, 11) is -10.1. The van der Waals surface area contributed by atoms with Gasteiger partial charge in [0.1, 0.15) is 6.61 Å². The Morgan fingerprint density at radius 3 is 1.23 bits per heavy atom. The van der Waals surface area contributed by atoms with Crippen molar-refractivity contribution in [3.05, 3.63) is 0 Å². The highest BCUT2D eigenvalue weighted by atomic mass is 31.2. The number of nitrogens with one attached hydrogen (secondary N) is 2. The highest BCUT2D eigenvalue weighted by molar-refractivity contribution is 7.53. The van der Waals surface area contributed by atoms with Crippen LogP contribution in [-0.2, 0) is 32.1 Å². The summed E-state index contributed by atoms with van der Waals surface area (Å²) in [6, 6.07) is 0. The minimum atomic E-state index is -3.84. The lowest BCUT2D eigenvalue weighted by Gasteiger charge is -2.15. The Bertz CT molecular complexity index is 749. The Hall–Kier alpha value is -0.400. The van der Waals surface area contributed by atoms with Crippen molar-refractivity contribution < 1.29 is 82.5 Å². The first-order chi connectivity index (χ1) is 22.5.